The SMILES string of the molecule is CCCCCCCCCCCCC(C)C1CN(CCO)C(Cl)=N1. The third-order valence-electron chi connectivity index (χ3n) is 4.98. The van der Waals surface area contributed by atoms with Gasteiger partial charge in [0.05, 0.1) is 12.6 Å². The number of nitrogens with zero attached hydrogens (tertiary/aromatic N) is 2. The first kappa shape index (κ1) is 20.8. The largest absolute Gasteiger partial charge is 0.395 e. The van der Waals surface area contributed by atoms with Crippen molar-refractivity contribution >= 4 is 16.9 Å². The first-order valence-electron chi connectivity index (χ1n) is 9.78. The van der Waals surface area contributed by atoms with Crippen molar-refractivity contribution in [2.24, 2.45) is 10.9 Å². The number of aliphatic hydroxyl groups is 1. The van der Waals surface area contributed by atoms with E-state index in [1.165, 1.54) is 70.6 Å². The molecule has 0 saturated heterocycles. The zero-order valence-electron chi connectivity index (χ0n) is 15.3. The highest BCUT2D eigenvalue weighted by molar-refractivity contribution is 6.64. The monoisotopic (exact) mass is 344 g/mol. The average Bonchev–Trinajstić information content (AvgIpc) is 2.90. The van der Waals surface area contributed by atoms with E-state index in [4.69, 9.17) is 16.7 Å². The van der Waals surface area contributed by atoms with Crippen LogP contribution in [0.25, 0.3) is 0 Å². The lowest BCUT2D eigenvalue weighted by Gasteiger charge is -2.20. The van der Waals surface area contributed by atoms with Gasteiger partial charge in [0, 0.05) is 13.1 Å². The summed E-state index contributed by atoms with van der Waals surface area (Å²) in [5.41, 5.74) is 0. The lowest BCUT2D eigenvalue weighted by molar-refractivity contribution is 0.246. The van der Waals surface area contributed by atoms with Gasteiger partial charge in [0.2, 0.25) is 0 Å². The van der Waals surface area contributed by atoms with Gasteiger partial charge in [-0.25, -0.2) is 0 Å². The molecule has 1 aliphatic rings. The molecule has 0 radical (unpaired) electrons. The van der Waals surface area contributed by atoms with Crippen molar-refractivity contribution in [2.45, 2.75) is 90.5 Å². The summed E-state index contributed by atoms with van der Waals surface area (Å²) in [6.45, 7) is 6.18. The highest BCUT2D eigenvalue weighted by atomic mass is 35.5. The van der Waals surface area contributed by atoms with E-state index in [0.717, 1.165) is 6.54 Å². The van der Waals surface area contributed by atoms with Gasteiger partial charge in [-0.2, -0.15) is 0 Å². The molecule has 4 heteroatoms. The third-order valence-corrected chi connectivity index (χ3v) is 5.32. The van der Waals surface area contributed by atoms with Crippen LogP contribution in [0.5, 0.6) is 0 Å². The molecular weight excluding hydrogens is 308 g/mol. The lowest BCUT2D eigenvalue weighted by Crippen LogP contribution is -2.31. The minimum absolute atomic E-state index is 0.144. The molecule has 0 bridgehead atoms. The lowest BCUT2D eigenvalue weighted by atomic mass is 9.95. The van der Waals surface area contributed by atoms with Crippen molar-refractivity contribution in [2.75, 3.05) is 19.7 Å². The normalized spacial score (nSPS) is 19.2. The molecule has 136 valence electrons. The summed E-state index contributed by atoms with van der Waals surface area (Å²) in [6, 6.07) is 0.313. The number of β-amino-alcohol motifs (C(OH)–C–C–N with tert-alkyl or cyclic N) is 1. The van der Waals surface area contributed by atoms with E-state index in [9.17, 15) is 0 Å². The van der Waals surface area contributed by atoms with Crippen LogP contribution in [0.3, 0.4) is 0 Å². The Labute approximate surface area is 148 Å². The average molecular weight is 345 g/mol. The summed E-state index contributed by atoms with van der Waals surface area (Å²) in [6.07, 6.45) is 15.1. The maximum Gasteiger partial charge on any atom is 0.194 e. The molecule has 0 spiro atoms. The second-order valence-corrected chi connectivity index (χ2v) is 7.42. The number of aliphatic imine (C=N–C) groups is 1. The van der Waals surface area contributed by atoms with E-state index in [1.54, 1.807) is 0 Å². The Balaban J connectivity index is 1.97. The second kappa shape index (κ2) is 13.1. The summed E-state index contributed by atoms with van der Waals surface area (Å²) >= 11 is 6.12. The first-order valence-corrected chi connectivity index (χ1v) is 10.2. The summed E-state index contributed by atoms with van der Waals surface area (Å²) in [7, 11) is 0. The summed E-state index contributed by atoms with van der Waals surface area (Å²) in [4.78, 5) is 6.54. The number of halogens is 1. The smallest absolute Gasteiger partial charge is 0.194 e. The number of hydrogen-bond acceptors (Lipinski definition) is 3. The summed E-state index contributed by atoms with van der Waals surface area (Å²) in [5.74, 6) is 0.585. The quantitative estimate of drug-likeness (QED) is 0.347. The molecule has 3 nitrogen and oxygen atoms in total. The minimum atomic E-state index is 0.144. The second-order valence-electron chi connectivity index (χ2n) is 7.08. The van der Waals surface area contributed by atoms with Crippen molar-refractivity contribution in [1.29, 1.82) is 0 Å². The number of hydrogen-bond donors (Lipinski definition) is 1. The molecule has 0 saturated carbocycles. The van der Waals surface area contributed by atoms with Gasteiger partial charge in [-0.05, 0) is 23.9 Å². The summed E-state index contributed by atoms with van der Waals surface area (Å²) in [5, 5.41) is 9.60. The van der Waals surface area contributed by atoms with Crippen LogP contribution in [-0.2, 0) is 0 Å². The van der Waals surface area contributed by atoms with E-state index in [0.29, 0.717) is 23.8 Å². The van der Waals surface area contributed by atoms with Crippen LogP contribution in [0.15, 0.2) is 4.99 Å². The van der Waals surface area contributed by atoms with Crippen molar-refractivity contribution in [1.82, 2.24) is 4.90 Å². The molecule has 0 aromatic rings. The molecule has 0 fully saturated rings. The topological polar surface area (TPSA) is 35.8 Å². The van der Waals surface area contributed by atoms with Gasteiger partial charge >= 0.3 is 0 Å². The van der Waals surface area contributed by atoms with E-state index >= 15 is 0 Å². The van der Waals surface area contributed by atoms with Crippen molar-refractivity contribution in [3.05, 3.63) is 0 Å². The molecule has 23 heavy (non-hydrogen) atoms. The van der Waals surface area contributed by atoms with Crippen molar-refractivity contribution < 1.29 is 5.11 Å². The Morgan fingerprint density at radius 2 is 1.65 bits per heavy atom. The van der Waals surface area contributed by atoms with Crippen molar-refractivity contribution in [3.8, 4) is 0 Å². The molecule has 1 rings (SSSR count). The van der Waals surface area contributed by atoms with Crippen LogP contribution >= 0.6 is 11.6 Å². The van der Waals surface area contributed by atoms with Crippen LogP contribution in [0, 0.1) is 5.92 Å². The van der Waals surface area contributed by atoms with Gasteiger partial charge in [-0.15, -0.1) is 0 Å². The highest BCUT2D eigenvalue weighted by Gasteiger charge is 2.27. The molecule has 0 amide bonds. The van der Waals surface area contributed by atoms with Crippen LogP contribution < -0.4 is 0 Å². The van der Waals surface area contributed by atoms with Gasteiger partial charge in [0.1, 0.15) is 0 Å². The molecule has 2 atom stereocenters. The number of rotatable bonds is 14. The molecule has 1 N–H and O–H groups in total. The summed E-state index contributed by atoms with van der Waals surface area (Å²) < 4.78 is 0. The fraction of sp³-hybridized carbons (Fsp3) is 0.947. The standard InChI is InChI=1S/C19H37ClN2O/c1-3-4-5-6-7-8-9-10-11-12-13-17(2)18-16-22(14-15-23)19(20)21-18/h17-18,23H,3-16H2,1-2H3. The van der Waals surface area contributed by atoms with Gasteiger partial charge in [0.25, 0.3) is 0 Å². The van der Waals surface area contributed by atoms with Gasteiger partial charge in [-0.3, -0.25) is 4.99 Å². The fourth-order valence-electron chi connectivity index (χ4n) is 3.32. The van der Waals surface area contributed by atoms with Gasteiger partial charge in [0.15, 0.2) is 5.29 Å². The molecule has 1 aliphatic heterocycles. The molecule has 0 aliphatic carbocycles. The van der Waals surface area contributed by atoms with Crippen molar-refractivity contribution in [3.63, 3.8) is 0 Å². The Hall–Kier alpha value is -0.280. The maximum atomic E-state index is 9.02. The van der Waals surface area contributed by atoms with Crippen LogP contribution in [0.1, 0.15) is 84.5 Å². The van der Waals surface area contributed by atoms with Gasteiger partial charge < -0.3 is 10.0 Å². The Morgan fingerprint density at radius 1 is 1.09 bits per heavy atom. The van der Waals surface area contributed by atoms with Crippen LogP contribution in [0.2, 0.25) is 0 Å². The maximum absolute atomic E-state index is 9.02. The molecular formula is C19H37ClN2O. The van der Waals surface area contributed by atoms with E-state index in [2.05, 4.69) is 18.8 Å². The molecule has 1 heterocycles. The fourth-order valence-corrected chi connectivity index (χ4v) is 3.60. The highest BCUT2D eigenvalue weighted by Crippen LogP contribution is 2.23. The number of amidine groups is 1. The zero-order valence-corrected chi connectivity index (χ0v) is 16.0. The Morgan fingerprint density at radius 3 is 2.22 bits per heavy atom. The Bertz CT molecular complexity index is 322. The Kier molecular flexibility index (Phi) is 11.8. The zero-order chi connectivity index (χ0) is 16.9. The number of aliphatic hydroxyl groups excluding tert-OH is 1. The molecule has 0 aromatic heterocycles. The molecule has 2 unspecified atom stereocenters. The number of unbranched alkanes of at least 4 members (excludes halogenated alkanes) is 9. The predicted molar refractivity (Wildman–Crippen MR) is 101 cm³/mol. The minimum Gasteiger partial charge on any atom is -0.395 e. The van der Waals surface area contributed by atoms with E-state index < -0.39 is 0 Å². The third kappa shape index (κ3) is 8.95. The van der Waals surface area contributed by atoms with Crippen LogP contribution in [0.4, 0.5) is 0 Å². The van der Waals surface area contributed by atoms with E-state index in [-0.39, 0.29) is 6.61 Å². The van der Waals surface area contributed by atoms with Crippen LogP contribution in [-0.4, -0.2) is 41.0 Å². The predicted octanol–water partition coefficient (Wildman–Crippen LogP) is 5.20. The van der Waals surface area contributed by atoms with Gasteiger partial charge in [-0.1, -0.05) is 78.1 Å². The van der Waals surface area contributed by atoms with E-state index in [1.807, 2.05) is 4.90 Å². The molecule has 0 aromatic carbocycles. The first-order chi connectivity index (χ1) is 11.2.